The number of halogens is 1. The highest BCUT2D eigenvalue weighted by Gasteiger charge is 2.28. The van der Waals surface area contributed by atoms with Gasteiger partial charge in [-0.25, -0.2) is 14.4 Å². The van der Waals surface area contributed by atoms with E-state index in [1.54, 1.807) is 0 Å². The molecule has 0 spiro atoms. The molecule has 1 fully saturated rings. The van der Waals surface area contributed by atoms with Crippen molar-refractivity contribution < 1.29 is 4.39 Å². The lowest BCUT2D eigenvalue weighted by molar-refractivity contribution is 0.349. The van der Waals surface area contributed by atoms with Gasteiger partial charge in [0.2, 0.25) is 0 Å². The Morgan fingerprint density at radius 3 is 2.88 bits per heavy atom. The minimum Gasteiger partial charge on any atom is -0.385 e. The summed E-state index contributed by atoms with van der Waals surface area (Å²) < 4.78 is 12.8. The Kier molecular flexibility index (Phi) is 2.76. The zero-order valence-corrected chi connectivity index (χ0v) is 9.49. The van der Waals surface area contributed by atoms with Gasteiger partial charge in [-0.15, -0.1) is 0 Å². The van der Waals surface area contributed by atoms with Gasteiger partial charge in [-0.1, -0.05) is 6.08 Å². The van der Waals surface area contributed by atoms with Crippen molar-refractivity contribution in [3.8, 4) is 0 Å². The van der Waals surface area contributed by atoms with E-state index in [0.29, 0.717) is 11.9 Å². The van der Waals surface area contributed by atoms with Crippen LogP contribution in [0.4, 0.5) is 4.39 Å². The summed E-state index contributed by atoms with van der Waals surface area (Å²) in [7, 11) is 0. The molecule has 90 valence electrons. The molecule has 0 radical (unpaired) electrons. The van der Waals surface area contributed by atoms with Crippen LogP contribution in [0.25, 0.3) is 0 Å². The number of fused-ring (bicyclic) bond motifs is 1. The molecule has 0 aromatic carbocycles. The average Bonchev–Trinajstić information content (AvgIpc) is 2.39. The third-order valence-corrected chi connectivity index (χ3v) is 3.30. The summed E-state index contributed by atoms with van der Waals surface area (Å²) in [5, 5.41) is 6.92. The van der Waals surface area contributed by atoms with E-state index in [1.807, 2.05) is 0 Å². The number of piperazine rings is 1. The Bertz CT molecular complexity index is 429. The molecule has 4 nitrogen and oxygen atoms in total. The Balaban J connectivity index is 1.76. The van der Waals surface area contributed by atoms with Crippen molar-refractivity contribution in [1.82, 2.24) is 20.6 Å². The van der Waals surface area contributed by atoms with Crippen LogP contribution in [0, 0.1) is 5.82 Å². The Labute approximate surface area is 99.4 Å². The van der Waals surface area contributed by atoms with Crippen LogP contribution in [0.3, 0.4) is 0 Å². The molecule has 17 heavy (non-hydrogen) atoms. The van der Waals surface area contributed by atoms with Gasteiger partial charge in [-0.05, 0) is 19.3 Å². The molecule has 1 aromatic heterocycles. The topological polar surface area (TPSA) is 49.8 Å². The fourth-order valence-electron chi connectivity index (χ4n) is 2.44. The second kappa shape index (κ2) is 4.41. The highest BCUT2D eigenvalue weighted by molar-refractivity contribution is 5.17. The van der Waals surface area contributed by atoms with Crippen molar-refractivity contribution >= 4 is 0 Å². The molecule has 2 atom stereocenters. The van der Waals surface area contributed by atoms with E-state index >= 15 is 0 Å². The second-order valence-electron chi connectivity index (χ2n) is 4.50. The van der Waals surface area contributed by atoms with Gasteiger partial charge in [-0.3, -0.25) is 5.32 Å². The second-order valence-corrected chi connectivity index (χ2v) is 4.50. The van der Waals surface area contributed by atoms with E-state index in [4.69, 9.17) is 0 Å². The lowest BCUT2D eigenvalue weighted by atomic mass is 9.95. The van der Waals surface area contributed by atoms with E-state index in [1.165, 1.54) is 24.5 Å². The first-order chi connectivity index (χ1) is 8.33. The van der Waals surface area contributed by atoms with Crippen molar-refractivity contribution in [1.29, 1.82) is 0 Å². The standard InChI is InChI=1S/C12H15FN4/c13-8-5-15-12(16-6-8)11-7-14-9-3-1-2-4-10(9)17-11/h3,5-6,10-11,14,17H,1-2,4,7H2. The van der Waals surface area contributed by atoms with Crippen molar-refractivity contribution in [2.45, 2.75) is 31.3 Å². The molecule has 2 aliphatic rings. The highest BCUT2D eigenvalue weighted by Crippen LogP contribution is 2.23. The molecule has 5 heteroatoms. The molecule has 1 aliphatic heterocycles. The Hall–Kier alpha value is -1.49. The molecule has 1 aromatic rings. The third kappa shape index (κ3) is 2.15. The maximum absolute atomic E-state index is 12.8. The van der Waals surface area contributed by atoms with E-state index in [2.05, 4.69) is 26.7 Å². The molecule has 1 saturated heterocycles. The quantitative estimate of drug-likeness (QED) is 0.768. The zero-order valence-electron chi connectivity index (χ0n) is 9.49. The first-order valence-electron chi connectivity index (χ1n) is 6.00. The third-order valence-electron chi connectivity index (χ3n) is 3.30. The van der Waals surface area contributed by atoms with Gasteiger partial charge in [0, 0.05) is 18.3 Å². The first kappa shape index (κ1) is 10.7. The van der Waals surface area contributed by atoms with Gasteiger partial charge in [-0.2, -0.15) is 0 Å². The maximum Gasteiger partial charge on any atom is 0.159 e. The predicted molar refractivity (Wildman–Crippen MR) is 61.6 cm³/mol. The molecule has 2 heterocycles. The molecule has 0 amide bonds. The summed E-state index contributed by atoms with van der Waals surface area (Å²) in [6, 6.07) is 0.437. The Morgan fingerprint density at radius 1 is 1.24 bits per heavy atom. The van der Waals surface area contributed by atoms with Crippen LogP contribution in [0.5, 0.6) is 0 Å². The predicted octanol–water partition coefficient (Wildman–Crippen LogP) is 1.29. The molecule has 2 unspecified atom stereocenters. The van der Waals surface area contributed by atoms with Crippen molar-refractivity contribution in [2.24, 2.45) is 0 Å². The number of rotatable bonds is 1. The molecule has 0 saturated carbocycles. The molecule has 1 aliphatic carbocycles. The van der Waals surface area contributed by atoms with Gasteiger partial charge in [0.15, 0.2) is 5.82 Å². The lowest BCUT2D eigenvalue weighted by Crippen LogP contribution is -2.49. The Morgan fingerprint density at radius 2 is 2.06 bits per heavy atom. The number of hydrogen-bond donors (Lipinski definition) is 2. The van der Waals surface area contributed by atoms with Crippen molar-refractivity contribution in [2.75, 3.05) is 6.54 Å². The van der Waals surface area contributed by atoms with E-state index in [0.717, 1.165) is 19.4 Å². The fraction of sp³-hybridized carbons (Fsp3) is 0.500. The number of allylic oxidation sites excluding steroid dienone is 1. The van der Waals surface area contributed by atoms with E-state index < -0.39 is 5.82 Å². The van der Waals surface area contributed by atoms with Gasteiger partial charge in [0.05, 0.1) is 18.4 Å². The minimum atomic E-state index is -0.393. The maximum atomic E-state index is 12.8. The average molecular weight is 234 g/mol. The first-order valence-corrected chi connectivity index (χ1v) is 6.00. The summed E-state index contributed by atoms with van der Waals surface area (Å²) >= 11 is 0. The number of aromatic nitrogens is 2. The normalized spacial score (nSPS) is 27.9. The fourth-order valence-corrected chi connectivity index (χ4v) is 2.44. The van der Waals surface area contributed by atoms with Crippen LogP contribution in [0.2, 0.25) is 0 Å². The van der Waals surface area contributed by atoms with Gasteiger partial charge in [0.1, 0.15) is 5.82 Å². The molecular weight excluding hydrogens is 219 g/mol. The molecule has 0 bridgehead atoms. The minimum absolute atomic E-state index is 0.0656. The summed E-state index contributed by atoms with van der Waals surface area (Å²) in [6.45, 7) is 0.758. The van der Waals surface area contributed by atoms with Crippen LogP contribution in [-0.2, 0) is 0 Å². The SMILES string of the molecule is Fc1cnc(C2CNC3=CCCCC3N2)nc1. The van der Waals surface area contributed by atoms with Crippen molar-refractivity contribution in [3.63, 3.8) is 0 Å². The highest BCUT2D eigenvalue weighted by atomic mass is 19.1. The van der Waals surface area contributed by atoms with E-state index in [-0.39, 0.29) is 6.04 Å². The monoisotopic (exact) mass is 234 g/mol. The van der Waals surface area contributed by atoms with Crippen molar-refractivity contribution in [3.05, 3.63) is 35.8 Å². The van der Waals surface area contributed by atoms with Crippen LogP contribution in [-0.4, -0.2) is 22.6 Å². The largest absolute Gasteiger partial charge is 0.385 e. The zero-order chi connectivity index (χ0) is 11.7. The number of nitrogens with one attached hydrogen (secondary N) is 2. The summed E-state index contributed by atoms with van der Waals surface area (Å²) in [5.74, 6) is 0.263. The molecular formula is C12H15FN4. The van der Waals surface area contributed by atoms with Gasteiger partial charge in [0.25, 0.3) is 0 Å². The summed E-state index contributed by atoms with van der Waals surface area (Å²) in [6.07, 6.45) is 8.18. The number of hydrogen-bond acceptors (Lipinski definition) is 4. The number of nitrogens with zero attached hydrogens (tertiary/aromatic N) is 2. The molecule has 3 rings (SSSR count). The van der Waals surface area contributed by atoms with E-state index in [9.17, 15) is 4.39 Å². The summed E-state index contributed by atoms with van der Waals surface area (Å²) in [5.41, 5.74) is 1.29. The lowest BCUT2D eigenvalue weighted by Gasteiger charge is -2.35. The van der Waals surface area contributed by atoms with Crippen LogP contribution in [0.1, 0.15) is 31.1 Å². The summed E-state index contributed by atoms with van der Waals surface area (Å²) in [4.78, 5) is 8.06. The van der Waals surface area contributed by atoms with Crippen LogP contribution in [0.15, 0.2) is 24.2 Å². The van der Waals surface area contributed by atoms with Gasteiger partial charge >= 0.3 is 0 Å². The molecule has 2 N–H and O–H groups in total. The van der Waals surface area contributed by atoms with Crippen LogP contribution < -0.4 is 10.6 Å². The van der Waals surface area contributed by atoms with Crippen LogP contribution >= 0.6 is 0 Å². The smallest absolute Gasteiger partial charge is 0.159 e. The van der Waals surface area contributed by atoms with Gasteiger partial charge < -0.3 is 5.32 Å².